The van der Waals surface area contributed by atoms with E-state index < -0.39 is 0 Å². The van der Waals surface area contributed by atoms with Gasteiger partial charge >= 0.3 is 0 Å². The van der Waals surface area contributed by atoms with Crippen LogP contribution in [0.3, 0.4) is 0 Å². The predicted molar refractivity (Wildman–Crippen MR) is 83.3 cm³/mol. The second-order valence-electron chi connectivity index (χ2n) is 4.16. The summed E-state index contributed by atoms with van der Waals surface area (Å²) in [7, 11) is 3.25. The molecule has 5 heteroatoms. The van der Waals surface area contributed by atoms with Crippen LogP contribution >= 0.6 is 23.2 Å². The van der Waals surface area contributed by atoms with Gasteiger partial charge in [0.05, 0.1) is 19.9 Å². The Labute approximate surface area is 128 Å². The molecule has 0 aromatic heterocycles. The molecule has 3 nitrogen and oxygen atoms in total. The third kappa shape index (κ3) is 3.50. The monoisotopic (exact) mass is 311 g/mol. The van der Waals surface area contributed by atoms with Crippen LogP contribution in [0.2, 0.25) is 10.0 Å². The summed E-state index contributed by atoms with van der Waals surface area (Å²) in [6, 6.07) is 11.0. The molecule has 0 aliphatic rings. The maximum atomic E-state index is 6.15. The van der Waals surface area contributed by atoms with Gasteiger partial charge in [-0.25, -0.2) is 0 Å². The Balaban J connectivity index is 2.17. The van der Waals surface area contributed by atoms with Crippen LogP contribution in [-0.2, 0) is 6.54 Å². The molecular formula is C15H15Cl2NO2. The van der Waals surface area contributed by atoms with Crippen molar-refractivity contribution in [2.45, 2.75) is 6.54 Å². The second-order valence-corrected chi connectivity index (χ2v) is 5.00. The van der Waals surface area contributed by atoms with E-state index in [2.05, 4.69) is 5.32 Å². The quantitative estimate of drug-likeness (QED) is 0.873. The number of rotatable bonds is 5. The molecule has 106 valence electrons. The summed E-state index contributed by atoms with van der Waals surface area (Å²) in [5.74, 6) is 1.51. The fourth-order valence-corrected chi connectivity index (χ4v) is 2.28. The smallest absolute Gasteiger partial charge is 0.142 e. The van der Waals surface area contributed by atoms with Gasteiger partial charge in [0, 0.05) is 22.7 Å². The van der Waals surface area contributed by atoms with E-state index in [1.807, 2.05) is 30.3 Å². The molecule has 0 bridgehead atoms. The molecule has 2 rings (SSSR count). The van der Waals surface area contributed by atoms with Crippen LogP contribution in [0, 0.1) is 0 Å². The zero-order chi connectivity index (χ0) is 14.5. The Bertz CT molecular complexity index is 602. The molecule has 0 heterocycles. The van der Waals surface area contributed by atoms with E-state index in [9.17, 15) is 0 Å². The average Bonchev–Trinajstić information content (AvgIpc) is 2.46. The molecule has 0 unspecified atom stereocenters. The maximum Gasteiger partial charge on any atom is 0.142 e. The predicted octanol–water partition coefficient (Wildman–Crippen LogP) is 4.62. The molecule has 1 N–H and O–H groups in total. The normalized spacial score (nSPS) is 10.2. The van der Waals surface area contributed by atoms with E-state index in [0.29, 0.717) is 16.6 Å². The van der Waals surface area contributed by atoms with Gasteiger partial charge in [-0.1, -0.05) is 29.3 Å². The van der Waals surface area contributed by atoms with Crippen molar-refractivity contribution < 1.29 is 9.47 Å². The minimum absolute atomic E-state index is 0.569. The van der Waals surface area contributed by atoms with Gasteiger partial charge in [-0.15, -0.1) is 0 Å². The van der Waals surface area contributed by atoms with E-state index in [1.165, 1.54) is 0 Å². The van der Waals surface area contributed by atoms with Crippen LogP contribution in [0.25, 0.3) is 0 Å². The molecule has 0 aliphatic carbocycles. The van der Waals surface area contributed by atoms with Crippen LogP contribution < -0.4 is 14.8 Å². The lowest BCUT2D eigenvalue weighted by Crippen LogP contribution is -2.02. The van der Waals surface area contributed by atoms with Gasteiger partial charge in [-0.2, -0.15) is 0 Å². The summed E-state index contributed by atoms with van der Waals surface area (Å²) in [6.45, 7) is 0.569. The van der Waals surface area contributed by atoms with E-state index in [0.717, 1.165) is 22.7 Å². The molecule has 0 amide bonds. The highest BCUT2D eigenvalue weighted by Gasteiger charge is 2.06. The van der Waals surface area contributed by atoms with Crippen molar-refractivity contribution in [1.29, 1.82) is 0 Å². The molecule has 2 aromatic carbocycles. The van der Waals surface area contributed by atoms with Crippen LogP contribution in [0.1, 0.15) is 5.56 Å². The highest BCUT2D eigenvalue weighted by Crippen LogP contribution is 2.30. The molecule has 0 aliphatic heterocycles. The van der Waals surface area contributed by atoms with Crippen molar-refractivity contribution in [3.63, 3.8) is 0 Å². The third-order valence-electron chi connectivity index (χ3n) is 2.89. The summed E-state index contributed by atoms with van der Waals surface area (Å²) >= 11 is 12.0. The lowest BCUT2D eigenvalue weighted by Gasteiger charge is -2.13. The third-order valence-corrected chi connectivity index (χ3v) is 3.48. The van der Waals surface area contributed by atoms with Gasteiger partial charge in [-0.3, -0.25) is 0 Å². The van der Waals surface area contributed by atoms with Gasteiger partial charge in [0.25, 0.3) is 0 Å². The first-order valence-electron chi connectivity index (χ1n) is 6.04. The van der Waals surface area contributed by atoms with Crippen LogP contribution in [0.5, 0.6) is 11.5 Å². The highest BCUT2D eigenvalue weighted by molar-refractivity contribution is 6.35. The molecule has 0 saturated carbocycles. The number of halogens is 2. The molecular weight excluding hydrogens is 297 g/mol. The lowest BCUT2D eigenvalue weighted by molar-refractivity contribution is 0.404. The Morgan fingerprint density at radius 3 is 2.45 bits per heavy atom. The first-order chi connectivity index (χ1) is 9.63. The fraction of sp³-hybridized carbons (Fsp3) is 0.200. The number of anilines is 1. The summed E-state index contributed by atoms with van der Waals surface area (Å²) in [4.78, 5) is 0. The van der Waals surface area contributed by atoms with E-state index in [4.69, 9.17) is 32.7 Å². The number of nitrogens with one attached hydrogen (secondary N) is 1. The number of hydrogen-bond donors (Lipinski definition) is 1. The number of methoxy groups -OCH3 is 2. The summed E-state index contributed by atoms with van der Waals surface area (Å²) in [6.07, 6.45) is 0. The standard InChI is InChI=1S/C15H15Cl2NO2/c1-19-12-5-6-15(20-2)14(8-12)18-9-10-3-4-11(16)7-13(10)17/h3-8,18H,9H2,1-2H3. The van der Waals surface area contributed by atoms with E-state index in [1.54, 1.807) is 20.3 Å². The highest BCUT2D eigenvalue weighted by atomic mass is 35.5. The van der Waals surface area contributed by atoms with Crippen LogP contribution in [0.4, 0.5) is 5.69 Å². The number of benzene rings is 2. The maximum absolute atomic E-state index is 6.15. The van der Waals surface area contributed by atoms with E-state index in [-0.39, 0.29) is 0 Å². The SMILES string of the molecule is COc1ccc(OC)c(NCc2ccc(Cl)cc2Cl)c1. The minimum Gasteiger partial charge on any atom is -0.497 e. The Hall–Kier alpha value is -1.58. The zero-order valence-corrected chi connectivity index (χ0v) is 12.8. The van der Waals surface area contributed by atoms with Crippen molar-refractivity contribution in [2.75, 3.05) is 19.5 Å². The van der Waals surface area contributed by atoms with Crippen LogP contribution in [-0.4, -0.2) is 14.2 Å². The molecule has 2 aromatic rings. The summed E-state index contributed by atoms with van der Waals surface area (Å²) in [5.41, 5.74) is 1.80. The first kappa shape index (κ1) is 14.8. The number of ether oxygens (including phenoxy) is 2. The molecule has 0 radical (unpaired) electrons. The minimum atomic E-state index is 0.569. The largest absolute Gasteiger partial charge is 0.497 e. The van der Waals surface area contributed by atoms with Crippen molar-refractivity contribution in [3.8, 4) is 11.5 Å². The molecule has 0 spiro atoms. The lowest BCUT2D eigenvalue weighted by atomic mass is 10.2. The summed E-state index contributed by atoms with van der Waals surface area (Å²) in [5, 5.41) is 4.54. The number of hydrogen-bond acceptors (Lipinski definition) is 3. The topological polar surface area (TPSA) is 30.5 Å². The van der Waals surface area contributed by atoms with Crippen molar-refractivity contribution >= 4 is 28.9 Å². The molecule has 0 fully saturated rings. The Morgan fingerprint density at radius 2 is 1.80 bits per heavy atom. The average molecular weight is 312 g/mol. The van der Waals surface area contributed by atoms with Crippen molar-refractivity contribution in [1.82, 2.24) is 0 Å². The van der Waals surface area contributed by atoms with Gasteiger partial charge in [0.2, 0.25) is 0 Å². The van der Waals surface area contributed by atoms with Gasteiger partial charge in [0.1, 0.15) is 11.5 Å². The van der Waals surface area contributed by atoms with Crippen molar-refractivity contribution in [2.24, 2.45) is 0 Å². The van der Waals surface area contributed by atoms with Crippen LogP contribution in [0.15, 0.2) is 36.4 Å². The molecule has 0 saturated heterocycles. The molecule has 20 heavy (non-hydrogen) atoms. The molecule has 0 atom stereocenters. The van der Waals surface area contributed by atoms with Crippen molar-refractivity contribution in [3.05, 3.63) is 52.0 Å². The second kappa shape index (κ2) is 6.73. The first-order valence-corrected chi connectivity index (χ1v) is 6.79. The van der Waals surface area contributed by atoms with E-state index >= 15 is 0 Å². The fourth-order valence-electron chi connectivity index (χ4n) is 1.81. The van der Waals surface area contributed by atoms with Gasteiger partial charge in [0.15, 0.2) is 0 Å². The Kier molecular flexibility index (Phi) is 4.99. The Morgan fingerprint density at radius 1 is 1.00 bits per heavy atom. The zero-order valence-electron chi connectivity index (χ0n) is 11.2. The van der Waals surface area contributed by atoms with Gasteiger partial charge < -0.3 is 14.8 Å². The van der Waals surface area contributed by atoms with Gasteiger partial charge in [-0.05, 0) is 29.8 Å². The summed E-state index contributed by atoms with van der Waals surface area (Å²) < 4.78 is 10.5.